The Morgan fingerprint density at radius 3 is 1.52 bits per heavy atom. The molecule has 54 heavy (non-hydrogen) atoms. The first-order valence-electron chi connectivity index (χ1n) is 21.6. The van der Waals surface area contributed by atoms with Crippen molar-refractivity contribution in [3.05, 3.63) is 125 Å². The fourth-order valence-corrected chi connectivity index (χ4v) is 8.54. The smallest absolute Gasteiger partial charge is 0.295 e. The summed E-state index contributed by atoms with van der Waals surface area (Å²) in [6.45, 7) is 20.8. The quantitative estimate of drug-likeness (QED) is 0.0560. The minimum Gasteiger partial charge on any atom is -0.295 e. The van der Waals surface area contributed by atoms with Gasteiger partial charge in [-0.25, -0.2) is 0 Å². The number of rotatable bonds is 22. The molecular weight excluding hydrogens is 686 g/mol. The second-order valence-corrected chi connectivity index (χ2v) is 17.2. The van der Waals surface area contributed by atoms with Crippen molar-refractivity contribution in [3.8, 4) is 0 Å². The van der Waals surface area contributed by atoms with Gasteiger partial charge in [-0.1, -0.05) is 232 Å². The average Bonchev–Trinajstić information content (AvgIpc) is 3.50. The Balaban J connectivity index is 0.000000492. The van der Waals surface area contributed by atoms with E-state index in [1.54, 1.807) is 11.1 Å². The third-order valence-corrected chi connectivity index (χ3v) is 11.4. The van der Waals surface area contributed by atoms with E-state index < -0.39 is 0 Å². The van der Waals surface area contributed by atoms with Gasteiger partial charge in [0, 0.05) is 17.5 Å². The molecule has 0 spiro atoms. The van der Waals surface area contributed by atoms with Crippen molar-refractivity contribution in [2.75, 3.05) is 6.54 Å². The van der Waals surface area contributed by atoms with Crippen molar-refractivity contribution in [1.29, 1.82) is 0 Å². The average molecular weight is 764 g/mol. The van der Waals surface area contributed by atoms with Gasteiger partial charge in [0.1, 0.15) is 0 Å². The Kier molecular flexibility index (Phi) is 23.3. The van der Waals surface area contributed by atoms with E-state index in [1.165, 1.54) is 120 Å². The molecule has 0 radical (unpaired) electrons. The predicted octanol–water partition coefficient (Wildman–Crippen LogP) is 16.0. The topological polar surface area (TPSA) is 3.24 Å². The molecule has 0 bridgehead atoms. The summed E-state index contributed by atoms with van der Waals surface area (Å²) in [5, 5.41) is 0. The van der Waals surface area contributed by atoms with Crippen LogP contribution in [-0.2, 0) is 21.7 Å². The molecule has 1 aliphatic carbocycles. The van der Waals surface area contributed by atoms with Crippen LogP contribution in [-0.4, -0.2) is 23.0 Å². The first-order valence-corrected chi connectivity index (χ1v) is 21.6. The molecule has 292 valence electrons. The molecule has 0 fully saturated rings. The Morgan fingerprint density at radius 1 is 0.574 bits per heavy atom. The maximum absolute atomic E-state index is 2.93. The zero-order chi connectivity index (χ0) is 38.4. The van der Waals surface area contributed by atoms with Gasteiger partial charge in [-0.15, -0.1) is 0 Å². The van der Waals surface area contributed by atoms with Crippen LogP contribution in [0, 0.1) is 5.41 Å². The summed E-state index contributed by atoms with van der Waals surface area (Å²) in [7, 11) is 0. The molecule has 0 heterocycles. The third kappa shape index (κ3) is 16.7. The van der Waals surface area contributed by atoms with Gasteiger partial charge in [-0.3, -0.25) is 4.90 Å². The fourth-order valence-electron chi connectivity index (χ4n) is 8.54. The third-order valence-electron chi connectivity index (χ3n) is 11.4. The van der Waals surface area contributed by atoms with E-state index in [4.69, 9.17) is 0 Å². The van der Waals surface area contributed by atoms with Gasteiger partial charge in [0.25, 0.3) is 0 Å². The second-order valence-electron chi connectivity index (χ2n) is 17.2. The molecule has 2 atom stereocenters. The molecule has 1 nitrogen and oxygen atoms in total. The van der Waals surface area contributed by atoms with E-state index >= 15 is 0 Å². The molecular formula is C52H77NTi+2. The summed E-state index contributed by atoms with van der Waals surface area (Å²) >= 11 is 0. The molecule has 0 aliphatic heterocycles. The normalized spacial score (nSPS) is 14.8. The zero-order valence-electron chi connectivity index (χ0n) is 35.9. The van der Waals surface area contributed by atoms with Crippen LogP contribution >= 0.6 is 0 Å². The van der Waals surface area contributed by atoms with E-state index in [1.807, 2.05) is 36.4 Å². The van der Waals surface area contributed by atoms with Crippen LogP contribution in [0.25, 0.3) is 18.2 Å². The van der Waals surface area contributed by atoms with Crippen molar-refractivity contribution in [2.45, 2.75) is 169 Å². The molecule has 0 amide bonds. The van der Waals surface area contributed by atoms with Crippen LogP contribution in [0.5, 0.6) is 0 Å². The first kappa shape index (κ1) is 47.7. The van der Waals surface area contributed by atoms with Gasteiger partial charge in [0.2, 0.25) is 0 Å². The summed E-state index contributed by atoms with van der Waals surface area (Å²) in [6.07, 6.45) is 31.5. The van der Waals surface area contributed by atoms with Crippen LogP contribution in [0.1, 0.15) is 180 Å². The zero-order valence-corrected chi connectivity index (χ0v) is 37.4. The minimum absolute atomic E-state index is 0. The van der Waals surface area contributed by atoms with Gasteiger partial charge in [0.05, 0.1) is 0 Å². The van der Waals surface area contributed by atoms with E-state index in [-0.39, 0.29) is 32.7 Å². The summed E-state index contributed by atoms with van der Waals surface area (Å²) < 4.78 is 0. The Labute approximate surface area is 349 Å². The van der Waals surface area contributed by atoms with E-state index in [0.29, 0.717) is 12.0 Å². The van der Waals surface area contributed by atoms with Crippen LogP contribution in [0.2, 0.25) is 0 Å². The van der Waals surface area contributed by atoms with Crippen molar-refractivity contribution < 1.29 is 21.7 Å². The van der Waals surface area contributed by atoms with Gasteiger partial charge in [0.15, 0.2) is 0 Å². The molecule has 0 saturated heterocycles. The molecule has 0 aromatic heterocycles. The van der Waals surface area contributed by atoms with Gasteiger partial charge >= 0.3 is 21.7 Å². The standard InChI is InChI=1S/C36H63N.C16H14.Ti/c1-9-11-13-15-17-18-20-24-28-37(35(4,5)6)33(27-21-19-16-14-12-10-2)36(7,8)34-30(3)29-31-25-22-23-26-32(31)34;1-3-9-15(10-4-1)13-7-8-14-16-11-5-2-6-12-16;/h22-23,25-26,29,33-34H,9-21,24,27-28H2,1-8H3;1-14H;/q;;+2. The maximum Gasteiger partial charge on any atom is 2.00 e. The van der Waals surface area contributed by atoms with Crippen LogP contribution in [0.4, 0.5) is 0 Å². The van der Waals surface area contributed by atoms with E-state index in [2.05, 4.69) is 139 Å². The Hall–Kier alpha value is -2.45. The second kappa shape index (κ2) is 26.4. The summed E-state index contributed by atoms with van der Waals surface area (Å²) in [4.78, 5) is 2.93. The SMILES string of the molecule is C(C=Cc1ccccc1)=Cc1ccccc1.CCCCCCCCCCN(C(CCCCCCCC)C(C)(C)C1C(C)=Cc2ccccc21)C(C)(C)C.[Ti+2]. The molecule has 4 rings (SSSR count). The van der Waals surface area contributed by atoms with Crippen molar-refractivity contribution >= 4 is 18.2 Å². The van der Waals surface area contributed by atoms with E-state index in [0.717, 1.165) is 0 Å². The molecule has 3 aromatic carbocycles. The van der Waals surface area contributed by atoms with Gasteiger partial charge < -0.3 is 0 Å². The molecule has 0 saturated carbocycles. The Bertz CT molecular complexity index is 1430. The predicted molar refractivity (Wildman–Crippen MR) is 238 cm³/mol. The van der Waals surface area contributed by atoms with Crippen molar-refractivity contribution in [2.24, 2.45) is 5.41 Å². The molecule has 2 heteroatoms. The Morgan fingerprint density at radius 2 is 1.02 bits per heavy atom. The van der Waals surface area contributed by atoms with Gasteiger partial charge in [-0.2, -0.15) is 0 Å². The van der Waals surface area contributed by atoms with Crippen LogP contribution in [0.3, 0.4) is 0 Å². The number of hydrogen-bond donors (Lipinski definition) is 0. The summed E-state index contributed by atoms with van der Waals surface area (Å²) in [5.74, 6) is 0.511. The fraction of sp³-hybridized carbons (Fsp3) is 0.538. The number of fused-ring (bicyclic) bond motifs is 1. The van der Waals surface area contributed by atoms with Crippen LogP contribution in [0.15, 0.2) is 103 Å². The van der Waals surface area contributed by atoms with Crippen molar-refractivity contribution in [1.82, 2.24) is 4.90 Å². The molecule has 3 aromatic rings. The number of hydrogen-bond acceptors (Lipinski definition) is 1. The summed E-state index contributed by atoms with van der Waals surface area (Å²) in [6, 6.07) is 30.3. The number of allylic oxidation sites excluding steroid dienone is 3. The molecule has 2 unspecified atom stereocenters. The summed E-state index contributed by atoms with van der Waals surface area (Å²) in [5.41, 5.74) is 7.37. The monoisotopic (exact) mass is 764 g/mol. The van der Waals surface area contributed by atoms with Crippen molar-refractivity contribution in [3.63, 3.8) is 0 Å². The number of unbranched alkanes of at least 4 members (excludes halogenated alkanes) is 12. The van der Waals surface area contributed by atoms with E-state index in [9.17, 15) is 0 Å². The minimum atomic E-state index is 0. The van der Waals surface area contributed by atoms with Gasteiger partial charge in [-0.05, 0) is 74.8 Å². The molecule has 1 aliphatic rings. The first-order chi connectivity index (χ1) is 25.6. The number of benzene rings is 3. The van der Waals surface area contributed by atoms with Crippen LogP contribution < -0.4 is 0 Å². The maximum atomic E-state index is 2.93. The largest absolute Gasteiger partial charge is 2.00 e. The molecule has 0 N–H and O–H groups in total. The number of nitrogens with zero attached hydrogens (tertiary/aromatic N) is 1.